The third kappa shape index (κ3) is 6.16. The lowest BCUT2D eigenvalue weighted by atomic mass is 10.1. The lowest BCUT2D eigenvalue weighted by Crippen LogP contribution is -2.26. The summed E-state index contributed by atoms with van der Waals surface area (Å²) in [5.41, 5.74) is 3.74. The Hall–Kier alpha value is -3.16. The summed E-state index contributed by atoms with van der Waals surface area (Å²) in [5.74, 6) is -0.412. The van der Waals surface area contributed by atoms with Gasteiger partial charge in [0.25, 0.3) is 0 Å². The molecular weight excluding hydrogens is 414 g/mol. The number of hydrogen-bond donors (Lipinski definition) is 2. The molecular formula is C24H25NO5S. The minimum absolute atomic E-state index is 0.0240. The van der Waals surface area contributed by atoms with Crippen LogP contribution in [0.15, 0.2) is 71.6 Å². The van der Waals surface area contributed by atoms with E-state index in [9.17, 15) is 18.3 Å². The van der Waals surface area contributed by atoms with Crippen LogP contribution >= 0.6 is 0 Å². The molecule has 0 aliphatic rings. The van der Waals surface area contributed by atoms with Gasteiger partial charge in [-0.15, -0.1) is 0 Å². The Morgan fingerprint density at radius 1 is 0.935 bits per heavy atom. The molecule has 0 unspecified atom stereocenters. The molecule has 31 heavy (non-hydrogen) atoms. The third-order valence-electron chi connectivity index (χ3n) is 4.90. The predicted molar refractivity (Wildman–Crippen MR) is 119 cm³/mol. The fourth-order valence-electron chi connectivity index (χ4n) is 3.02. The van der Waals surface area contributed by atoms with E-state index in [1.54, 1.807) is 6.92 Å². The standard InChI is InChI=1S/C24H25NO5S/c1-17-3-6-20(7-4-17)16-30-21-10-8-19(9-11-21)13-14-25-31(28,29)22-12-5-18(2)23(15-22)24(26)27/h3-12,15,25H,13-14,16H2,1-2H3,(H,26,27). The van der Waals surface area contributed by atoms with Crippen molar-refractivity contribution < 1.29 is 23.1 Å². The summed E-state index contributed by atoms with van der Waals surface area (Å²) in [6, 6.07) is 19.7. The average molecular weight is 440 g/mol. The highest BCUT2D eigenvalue weighted by Crippen LogP contribution is 2.17. The zero-order valence-electron chi connectivity index (χ0n) is 17.5. The van der Waals surface area contributed by atoms with Crippen LogP contribution in [-0.2, 0) is 23.1 Å². The minimum Gasteiger partial charge on any atom is -0.489 e. The maximum atomic E-state index is 12.5. The Labute approximate surface area is 182 Å². The van der Waals surface area contributed by atoms with Gasteiger partial charge in [-0.1, -0.05) is 48.0 Å². The molecule has 3 aromatic carbocycles. The van der Waals surface area contributed by atoms with Crippen LogP contribution < -0.4 is 9.46 Å². The summed E-state index contributed by atoms with van der Waals surface area (Å²) >= 11 is 0. The van der Waals surface area contributed by atoms with E-state index in [0.717, 1.165) is 16.9 Å². The number of carboxylic acids is 1. The van der Waals surface area contributed by atoms with E-state index in [-0.39, 0.29) is 17.0 Å². The Morgan fingerprint density at radius 3 is 2.23 bits per heavy atom. The number of ether oxygens (including phenoxy) is 1. The van der Waals surface area contributed by atoms with E-state index in [0.29, 0.717) is 18.6 Å². The molecule has 0 atom stereocenters. The van der Waals surface area contributed by atoms with Crippen LogP contribution in [0.2, 0.25) is 0 Å². The summed E-state index contributed by atoms with van der Waals surface area (Å²) in [5, 5.41) is 9.19. The molecule has 0 aliphatic carbocycles. The molecule has 0 aliphatic heterocycles. The number of carbonyl (C=O) groups is 1. The lowest BCUT2D eigenvalue weighted by Gasteiger charge is -2.10. The molecule has 3 rings (SSSR count). The van der Waals surface area contributed by atoms with E-state index in [1.165, 1.54) is 23.8 Å². The van der Waals surface area contributed by atoms with Crippen molar-refractivity contribution in [3.05, 3.63) is 94.5 Å². The number of sulfonamides is 1. The monoisotopic (exact) mass is 439 g/mol. The van der Waals surface area contributed by atoms with Gasteiger partial charge < -0.3 is 9.84 Å². The molecule has 0 fully saturated rings. The molecule has 0 saturated heterocycles. The van der Waals surface area contributed by atoms with E-state index in [1.807, 2.05) is 55.5 Å². The van der Waals surface area contributed by atoms with Gasteiger partial charge in [0.15, 0.2) is 0 Å². The van der Waals surface area contributed by atoms with Crippen molar-refractivity contribution in [2.75, 3.05) is 6.54 Å². The van der Waals surface area contributed by atoms with E-state index >= 15 is 0 Å². The van der Waals surface area contributed by atoms with Gasteiger partial charge in [-0.3, -0.25) is 0 Å². The van der Waals surface area contributed by atoms with Crippen LogP contribution in [0.4, 0.5) is 0 Å². The first-order valence-corrected chi connectivity index (χ1v) is 11.3. The van der Waals surface area contributed by atoms with Gasteiger partial charge in [0.1, 0.15) is 12.4 Å². The molecule has 2 N–H and O–H groups in total. The molecule has 0 heterocycles. The number of benzene rings is 3. The second-order valence-corrected chi connectivity index (χ2v) is 9.11. The SMILES string of the molecule is Cc1ccc(COc2ccc(CCNS(=O)(=O)c3ccc(C)c(C(=O)O)c3)cc2)cc1. The van der Waals surface area contributed by atoms with Gasteiger partial charge >= 0.3 is 5.97 Å². The van der Waals surface area contributed by atoms with Gasteiger partial charge in [-0.05, 0) is 61.2 Å². The van der Waals surface area contributed by atoms with Crippen LogP contribution in [0.1, 0.15) is 32.6 Å². The zero-order valence-corrected chi connectivity index (χ0v) is 18.3. The van der Waals surface area contributed by atoms with Gasteiger partial charge in [0, 0.05) is 6.54 Å². The van der Waals surface area contributed by atoms with Gasteiger partial charge in [-0.25, -0.2) is 17.9 Å². The van der Waals surface area contributed by atoms with Crippen LogP contribution in [0.3, 0.4) is 0 Å². The second-order valence-electron chi connectivity index (χ2n) is 7.35. The first kappa shape index (κ1) is 22.5. The maximum absolute atomic E-state index is 12.5. The number of nitrogens with one attached hydrogen (secondary N) is 1. The Bertz CT molecular complexity index is 1150. The lowest BCUT2D eigenvalue weighted by molar-refractivity contribution is 0.0696. The van der Waals surface area contributed by atoms with Crippen LogP contribution in [0.25, 0.3) is 0 Å². The summed E-state index contributed by atoms with van der Waals surface area (Å²) in [7, 11) is -3.79. The number of aryl methyl sites for hydroxylation is 2. The molecule has 7 heteroatoms. The molecule has 0 radical (unpaired) electrons. The zero-order chi connectivity index (χ0) is 22.4. The Kier molecular flexibility index (Phi) is 7.09. The maximum Gasteiger partial charge on any atom is 0.335 e. The highest BCUT2D eigenvalue weighted by atomic mass is 32.2. The highest BCUT2D eigenvalue weighted by molar-refractivity contribution is 7.89. The predicted octanol–water partition coefficient (Wildman–Crippen LogP) is 4.10. The third-order valence-corrected chi connectivity index (χ3v) is 6.36. The normalized spacial score (nSPS) is 11.3. The fraction of sp³-hybridized carbons (Fsp3) is 0.208. The van der Waals surface area contributed by atoms with Gasteiger partial charge in [0.05, 0.1) is 10.5 Å². The number of carboxylic acid groups (broad SMARTS) is 1. The van der Waals surface area contributed by atoms with Crippen LogP contribution in [0.5, 0.6) is 5.75 Å². The first-order chi connectivity index (χ1) is 14.7. The largest absolute Gasteiger partial charge is 0.489 e. The second kappa shape index (κ2) is 9.76. The molecule has 6 nitrogen and oxygen atoms in total. The average Bonchev–Trinajstić information content (AvgIpc) is 2.74. The van der Waals surface area contributed by atoms with Crippen molar-refractivity contribution in [3.63, 3.8) is 0 Å². The highest BCUT2D eigenvalue weighted by Gasteiger charge is 2.17. The summed E-state index contributed by atoms with van der Waals surface area (Å²) in [6.07, 6.45) is 0.495. The van der Waals surface area contributed by atoms with Crippen LogP contribution in [-0.4, -0.2) is 26.0 Å². The van der Waals surface area contributed by atoms with Gasteiger partial charge in [-0.2, -0.15) is 0 Å². The molecule has 0 saturated carbocycles. The fourth-order valence-corrected chi connectivity index (χ4v) is 4.07. The van der Waals surface area contributed by atoms with Crippen molar-refractivity contribution in [2.24, 2.45) is 0 Å². The van der Waals surface area contributed by atoms with Crippen molar-refractivity contribution in [3.8, 4) is 5.75 Å². The molecule has 3 aromatic rings. The summed E-state index contributed by atoms with van der Waals surface area (Å²) in [6.45, 7) is 4.34. The molecule has 162 valence electrons. The number of hydrogen-bond acceptors (Lipinski definition) is 4. The quantitative estimate of drug-likeness (QED) is 0.524. The molecule has 0 aromatic heterocycles. The number of aromatic carboxylic acids is 1. The van der Waals surface area contributed by atoms with E-state index in [4.69, 9.17) is 4.74 Å². The van der Waals surface area contributed by atoms with Crippen molar-refractivity contribution >= 4 is 16.0 Å². The summed E-state index contributed by atoms with van der Waals surface area (Å²) in [4.78, 5) is 11.2. The minimum atomic E-state index is -3.79. The van der Waals surface area contributed by atoms with Crippen molar-refractivity contribution in [1.29, 1.82) is 0 Å². The molecule has 0 spiro atoms. The van der Waals surface area contributed by atoms with E-state index < -0.39 is 16.0 Å². The smallest absolute Gasteiger partial charge is 0.335 e. The van der Waals surface area contributed by atoms with Crippen molar-refractivity contribution in [2.45, 2.75) is 31.8 Å². The van der Waals surface area contributed by atoms with E-state index in [2.05, 4.69) is 4.72 Å². The molecule has 0 bridgehead atoms. The van der Waals surface area contributed by atoms with Crippen molar-refractivity contribution in [1.82, 2.24) is 4.72 Å². The van der Waals surface area contributed by atoms with Gasteiger partial charge in [0.2, 0.25) is 10.0 Å². The Morgan fingerprint density at radius 2 is 1.58 bits per heavy atom. The topological polar surface area (TPSA) is 92.7 Å². The number of rotatable bonds is 9. The summed E-state index contributed by atoms with van der Waals surface area (Å²) < 4.78 is 33.3. The molecule has 0 amide bonds. The first-order valence-electron chi connectivity index (χ1n) is 9.85. The van der Waals surface area contributed by atoms with Crippen LogP contribution in [0, 0.1) is 13.8 Å². The Balaban J connectivity index is 1.53.